The molecule has 1 aromatic heterocycles. The van der Waals surface area contributed by atoms with E-state index in [4.69, 9.17) is 9.47 Å². The van der Waals surface area contributed by atoms with Gasteiger partial charge in [0.15, 0.2) is 0 Å². The molecule has 132 valence electrons. The Bertz CT molecular complexity index is 606. The van der Waals surface area contributed by atoms with Crippen molar-refractivity contribution in [1.82, 2.24) is 30.1 Å². The van der Waals surface area contributed by atoms with Crippen molar-refractivity contribution in [3.05, 3.63) is 11.9 Å². The van der Waals surface area contributed by atoms with E-state index in [0.717, 1.165) is 0 Å². The SMILES string of the molecule is CO[C@@H]1COC[C@H]1n1cc(CNC(=O)N2CCN(C)C(=O)C2)nn1. The molecule has 1 aromatic rings. The lowest BCUT2D eigenvalue weighted by atomic mass is 10.2. The normalized spacial score (nSPS) is 24.5. The first-order valence-corrected chi connectivity index (χ1v) is 7.86. The van der Waals surface area contributed by atoms with Crippen molar-refractivity contribution in [1.29, 1.82) is 0 Å². The average molecular weight is 338 g/mol. The van der Waals surface area contributed by atoms with Crippen molar-refractivity contribution >= 4 is 11.9 Å². The standard InChI is InChI=1S/C14H22N6O4/c1-18-3-4-19(7-13(18)21)14(22)15-5-10-6-20(17-16-10)11-8-24-9-12(11)23-2/h6,11-12H,3-5,7-9H2,1-2H3,(H,15,22)/t11-,12-/m1/s1. The molecule has 0 aromatic carbocycles. The molecule has 10 heteroatoms. The van der Waals surface area contributed by atoms with E-state index in [-0.39, 0.29) is 37.2 Å². The van der Waals surface area contributed by atoms with E-state index in [0.29, 0.717) is 32.0 Å². The molecule has 0 radical (unpaired) electrons. The topological polar surface area (TPSA) is 102 Å². The van der Waals surface area contributed by atoms with E-state index in [1.165, 1.54) is 4.90 Å². The zero-order valence-electron chi connectivity index (χ0n) is 13.8. The number of nitrogens with one attached hydrogen (secondary N) is 1. The van der Waals surface area contributed by atoms with Crippen molar-refractivity contribution in [3.63, 3.8) is 0 Å². The number of urea groups is 1. The predicted octanol–water partition coefficient (Wildman–Crippen LogP) is -1.15. The fourth-order valence-corrected chi connectivity index (χ4v) is 2.76. The van der Waals surface area contributed by atoms with Crippen LogP contribution in [-0.2, 0) is 20.8 Å². The molecule has 2 saturated heterocycles. The van der Waals surface area contributed by atoms with Crippen LogP contribution in [0.1, 0.15) is 11.7 Å². The van der Waals surface area contributed by atoms with Crippen LogP contribution < -0.4 is 5.32 Å². The van der Waals surface area contributed by atoms with Gasteiger partial charge < -0.3 is 24.6 Å². The largest absolute Gasteiger partial charge is 0.377 e. The monoisotopic (exact) mass is 338 g/mol. The lowest BCUT2D eigenvalue weighted by Gasteiger charge is -2.31. The number of carbonyl (C=O) groups is 2. The number of piperazine rings is 1. The second-order valence-electron chi connectivity index (χ2n) is 5.96. The second-order valence-corrected chi connectivity index (χ2v) is 5.96. The maximum absolute atomic E-state index is 12.1. The third kappa shape index (κ3) is 3.49. The number of aromatic nitrogens is 3. The Morgan fingerprint density at radius 2 is 2.29 bits per heavy atom. The molecular weight excluding hydrogens is 316 g/mol. The molecule has 0 spiro atoms. The first-order chi connectivity index (χ1) is 11.6. The van der Waals surface area contributed by atoms with Gasteiger partial charge in [0.05, 0.1) is 26.0 Å². The molecular formula is C14H22N6O4. The maximum atomic E-state index is 12.1. The molecule has 0 bridgehead atoms. The van der Waals surface area contributed by atoms with Gasteiger partial charge in [-0.05, 0) is 0 Å². The van der Waals surface area contributed by atoms with E-state index >= 15 is 0 Å². The van der Waals surface area contributed by atoms with Crippen molar-refractivity contribution in [2.75, 3.05) is 47.0 Å². The van der Waals surface area contributed by atoms with Gasteiger partial charge in [0, 0.05) is 27.2 Å². The summed E-state index contributed by atoms with van der Waals surface area (Å²) in [5.41, 5.74) is 0.644. The number of likely N-dealkylation sites (N-methyl/N-ethyl adjacent to an activating group) is 1. The van der Waals surface area contributed by atoms with Crippen molar-refractivity contribution < 1.29 is 19.1 Å². The highest BCUT2D eigenvalue weighted by Gasteiger charge is 2.31. The minimum atomic E-state index is -0.273. The number of carbonyl (C=O) groups excluding carboxylic acids is 2. The molecule has 2 aliphatic rings. The van der Waals surface area contributed by atoms with Crippen LogP contribution in [0, 0.1) is 0 Å². The molecule has 3 amide bonds. The van der Waals surface area contributed by atoms with Crippen LogP contribution >= 0.6 is 0 Å². The number of nitrogens with zero attached hydrogens (tertiary/aromatic N) is 5. The summed E-state index contributed by atoms with van der Waals surface area (Å²) in [6, 6.07) is -0.285. The fourth-order valence-electron chi connectivity index (χ4n) is 2.76. The van der Waals surface area contributed by atoms with Crippen LogP contribution in [0.3, 0.4) is 0 Å². The van der Waals surface area contributed by atoms with Crippen LogP contribution in [0.4, 0.5) is 4.79 Å². The fraction of sp³-hybridized carbons (Fsp3) is 0.714. The van der Waals surface area contributed by atoms with Gasteiger partial charge in [-0.3, -0.25) is 4.79 Å². The van der Waals surface area contributed by atoms with Crippen LogP contribution in [0.15, 0.2) is 6.20 Å². The summed E-state index contributed by atoms with van der Waals surface area (Å²) in [5.74, 6) is -0.0609. The van der Waals surface area contributed by atoms with Crippen molar-refractivity contribution in [2.24, 2.45) is 0 Å². The average Bonchev–Trinajstić information content (AvgIpc) is 3.23. The summed E-state index contributed by atoms with van der Waals surface area (Å²) >= 11 is 0. The van der Waals surface area contributed by atoms with E-state index < -0.39 is 0 Å². The van der Waals surface area contributed by atoms with Gasteiger partial charge in [0.2, 0.25) is 5.91 Å². The highest BCUT2D eigenvalue weighted by Crippen LogP contribution is 2.21. The van der Waals surface area contributed by atoms with Gasteiger partial charge in [-0.25, -0.2) is 9.48 Å². The lowest BCUT2D eigenvalue weighted by Crippen LogP contribution is -2.53. The Labute approximate surface area is 139 Å². The summed E-state index contributed by atoms with van der Waals surface area (Å²) in [7, 11) is 3.37. The van der Waals surface area contributed by atoms with Gasteiger partial charge in [0.25, 0.3) is 0 Å². The quantitative estimate of drug-likeness (QED) is 0.744. The summed E-state index contributed by atoms with van der Waals surface area (Å²) in [4.78, 5) is 26.9. The molecule has 10 nitrogen and oxygen atoms in total. The molecule has 2 atom stereocenters. The molecule has 3 heterocycles. The Hall–Kier alpha value is -2.20. The summed E-state index contributed by atoms with van der Waals surface area (Å²) in [5, 5.41) is 10.9. The predicted molar refractivity (Wildman–Crippen MR) is 82.1 cm³/mol. The van der Waals surface area contributed by atoms with Crippen LogP contribution in [0.5, 0.6) is 0 Å². The Balaban J connectivity index is 1.52. The molecule has 2 fully saturated rings. The van der Waals surface area contributed by atoms with Gasteiger partial charge >= 0.3 is 6.03 Å². The highest BCUT2D eigenvalue weighted by molar-refractivity contribution is 5.85. The zero-order valence-corrected chi connectivity index (χ0v) is 13.8. The number of hydrogen-bond acceptors (Lipinski definition) is 6. The van der Waals surface area contributed by atoms with E-state index in [2.05, 4.69) is 15.6 Å². The van der Waals surface area contributed by atoms with Gasteiger partial charge in [-0.15, -0.1) is 5.10 Å². The van der Waals surface area contributed by atoms with Gasteiger partial charge in [-0.2, -0.15) is 0 Å². The minimum Gasteiger partial charge on any atom is -0.377 e. The van der Waals surface area contributed by atoms with Crippen LogP contribution in [0.2, 0.25) is 0 Å². The van der Waals surface area contributed by atoms with E-state index in [1.807, 2.05) is 0 Å². The molecule has 2 aliphatic heterocycles. The van der Waals surface area contributed by atoms with Crippen molar-refractivity contribution in [3.8, 4) is 0 Å². The molecule has 24 heavy (non-hydrogen) atoms. The highest BCUT2D eigenvalue weighted by atomic mass is 16.5. The maximum Gasteiger partial charge on any atom is 0.318 e. The number of rotatable bonds is 4. The summed E-state index contributed by atoms with van der Waals surface area (Å²) in [6.45, 7) is 2.48. The Kier molecular flexibility index (Phi) is 4.95. The molecule has 0 unspecified atom stereocenters. The molecule has 3 rings (SSSR count). The van der Waals surface area contributed by atoms with Crippen LogP contribution in [-0.4, -0.2) is 89.8 Å². The Morgan fingerprint density at radius 3 is 3.04 bits per heavy atom. The first-order valence-electron chi connectivity index (χ1n) is 7.86. The first kappa shape index (κ1) is 16.7. The second kappa shape index (κ2) is 7.14. The number of hydrogen-bond donors (Lipinski definition) is 1. The zero-order chi connectivity index (χ0) is 17.1. The smallest absolute Gasteiger partial charge is 0.318 e. The van der Waals surface area contributed by atoms with Gasteiger partial charge in [-0.1, -0.05) is 5.21 Å². The van der Waals surface area contributed by atoms with E-state index in [9.17, 15) is 9.59 Å². The van der Waals surface area contributed by atoms with Crippen LogP contribution in [0.25, 0.3) is 0 Å². The van der Waals surface area contributed by atoms with Crippen molar-refractivity contribution in [2.45, 2.75) is 18.7 Å². The summed E-state index contributed by atoms with van der Waals surface area (Å²) in [6.07, 6.45) is 1.73. The number of amides is 3. The third-order valence-electron chi connectivity index (χ3n) is 4.37. The van der Waals surface area contributed by atoms with E-state index in [1.54, 1.807) is 29.9 Å². The summed E-state index contributed by atoms with van der Waals surface area (Å²) < 4.78 is 12.5. The van der Waals surface area contributed by atoms with Gasteiger partial charge in [0.1, 0.15) is 24.4 Å². The molecule has 1 N–H and O–H groups in total. The lowest BCUT2D eigenvalue weighted by molar-refractivity contribution is -0.133. The number of ether oxygens (including phenoxy) is 2. The third-order valence-corrected chi connectivity index (χ3v) is 4.37. The minimum absolute atomic E-state index is 0.0118. The molecule has 0 aliphatic carbocycles. The number of methoxy groups -OCH3 is 1. The Morgan fingerprint density at radius 1 is 1.46 bits per heavy atom. The molecule has 0 saturated carbocycles.